The van der Waals surface area contributed by atoms with Crippen LogP contribution in [0, 0.1) is 5.92 Å². The summed E-state index contributed by atoms with van der Waals surface area (Å²) in [7, 11) is 0. The molecule has 1 aliphatic rings. The summed E-state index contributed by atoms with van der Waals surface area (Å²) in [6.45, 7) is 11.4. The van der Waals surface area contributed by atoms with E-state index in [9.17, 15) is 0 Å². The molecule has 1 heterocycles. The van der Waals surface area contributed by atoms with E-state index in [4.69, 9.17) is 4.98 Å². The Morgan fingerprint density at radius 2 is 1.33 bits per heavy atom. The van der Waals surface area contributed by atoms with Crippen LogP contribution < -0.4 is 0 Å². The lowest BCUT2D eigenvalue weighted by Crippen LogP contribution is -2.23. The van der Waals surface area contributed by atoms with Crippen LogP contribution in [0.4, 0.5) is 0 Å². The zero-order valence-electron chi connectivity index (χ0n) is 16.7. The van der Waals surface area contributed by atoms with Gasteiger partial charge in [0.05, 0.1) is 0 Å². The first-order valence-electron chi connectivity index (χ1n) is 10.1. The van der Waals surface area contributed by atoms with Crippen LogP contribution in [0.3, 0.4) is 0 Å². The fourth-order valence-electron chi connectivity index (χ4n) is 3.89. The molecule has 2 rings (SSSR count). The van der Waals surface area contributed by atoms with Crippen molar-refractivity contribution >= 4 is 11.5 Å². The number of hydrogen-bond donors (Lipinski definition) is 0. The molecule has 0 unspecified atom stereocenters. The molecule has 1 fully saturated rings. The van der Waals surface area contributed by atoms with Crippen LogP contribution in [0.15, 0.2) is 0 Å². The van der Waals surface area contributed by atoms with Crippen molar-refractivity contribution in [3.05, 3.63) is 10.8 Å². The predicted molar refractivity (Wildman–Crippen MR) is 106 cm³/mol. The van der Waals surface area contributed by atoms with Gasteiger partial charge in [0.1, 0.15) is 10.8 Å². The molecule has 0 aliphatic heterocycles. The summed E-state index contributed by atoms with van der Waals surface area (Å²) in [6, 6.07) is 0. The Kier molecular flexibility index (Phi) is 7.27. The first kappa shape index (κ1) is 19.9. The molecule has 0 aromatic carbocycles. The molecule has 0 radical (unpaired) electrons. The van der Waals surface area contributed by atoms with E-state index >= 15 is 0 Å². The zero-order chi connectivity index (χ0) is 17.6. The van der Waals surface area contributed by atoms with Crippen molar-refractivity contribution in [2.45, 2.75) is 116 Å². The second-order valence-electron chi connectivity index (χ2n) is 9.53. The van der Waals surface area contributed by atoms with E-state index in [1.807, 2.05) is 0 Å². The lowest BCUT2D eigenvalue weighted by Gasteiger charge is -2.28. The molecule has 24 heavy (non-hydrogen) atoms. The summed E-state index contributed by atoms with van der Waals surface area (Å²) in [5.41, 5.74) is 0.214. The number of aromatic nitrogens is 2. The van der Waals surface area contributed by atoms with E-state index in [0.29, 0.717) is 0 Å². The molecule has 0 saturated heterocycles. The molecule has 0 atom stereocenters. The Balaban J connectivity index is 2.00. The van der Waals surface area contributed by atoms with Crippen molar-refractivity contribution < 1.29 is 0 Å². The van der Waals surface area contributed by atoms with Gasteiger partial charge in [0, 0.05) is 10.8 Å². The van der Waals surface area contributed by atoms with Crippen LogP contribution in [0.5, 0.6) is 0 Å². The number of hydrogen-bond acceptors (Lipinski definition) is 3. The number of rotatable bonds is 3. The van der Waals surface area contributed by atoms with E-state index in [2.05, 4.69) is 39.0 Å². The third-order valence-corrected chi connectivity index (χ3v) is 6.53. The van der Waals surface area contributed by atoms with Gasteiger partial charge in [-0.05, 0) is 23.9 Å². The predicted octanol–water partition coefficient (Wildman–Crippen LogP) is 7.03. The highest BCUT2D eigenvalue weighted by Crippen LogP contribution is 2.37. The van der Waals surface area contributed by atoms with E-state index in [1.54, 1.807) is 11.5 Å². The highest BCUT2D eigenvalue weighted by atomic mass is 32.1. The molecule has 1 saturated carbocycles. The second kappa shape index (κ2) is 8.78. The summed E-state index contributed by atoms with van der Waals surface area (Å²) >= 11 is 1.63. The Bertz CT molecular complexity index is 472. The molecule has 0 spiro atoms. The topological polar surface area (TPSA) is 25.8 Å². The summed E-state index contributed by atoms with van der Waals surface area (Å²) in [6.07, 6.45) is 15.6. The largest absolute Gasteiger partial charge is 0.223 e. The van der Waals surface area contributed by atoms with Gasteiger partial charge in [0.15, 0.2) is 0 Å². The normalized spacial score (nSPS) is 19.9. The Morgan fingerprint density at radius 3 is 1.79 bits per heavy atom. The highest BCUT2D eigenvalue weighted by Gasteiger charge is 2.30. The van der Waals surface area contributed by atoms with Gasteiger partial charge in [-0.3, -0.25) is 0 Å². The fraction of sp³-hybridized carbons (Fsp3) is 0.905. The maximum Gasteiger partial charge on any atom is 0.147 e. The van der Waals surface area contributed by atoms with Crippen molar-refractivity contribution in [1.29, 1.82) is 0 Å². The molecule has 0 N–H and O–H groups in total. The van der Waals surface area contributed by atoms with Crippen LogP contribution in [0.1, 0.15) is 116 Å². The summed E-state index contributed by atoms with van der Waals surface area (Å²) in [5, 5.41) is 1.24. The Hall–Kier alpha value is -0.440. The van der Waals surface area contributed by atoms with Crippen molar-refractivity contribution in [2.75, 3.05) is 0 Å². The van der Waals surface area contributed by atoms with Crippen LogP contribution >= 0.6 is 11.5 Å². The fourth-order valence-corrected chi connectivity index (χ4v) is 4.83. The van der Waals surface area contributed by atoms with Gasteiger partial charge in [-0.1, -0.05) is 98.8 Å². The zero-order valence-corrected chi connectivity index (χ0v) is 17.5. The molecule has 3 heteroatoms. The van der Waals surface area contributed by atoms with E-state index < -0.39 is 0 Å². The summed E-state index contributed by atoms with van der Waals surface area (Å²) in [4.78, 5) is 4.92. The molecule has 2 nitrogen and oxygen atoms in total. The third kappa shape index (κ3) is 6.13. The average Bonchev–Trinajstić information content (AvgIpc) is 2.97. The lowest BCUT2D eigenvalue weighted by molar-refractivity contribution is 0.309. The standard InChI is InChI=1S/C21H38N2S/c1-20(2,3)18-22-19(24-23-18)21(4,5)16-17-14-12-10-8-6-7-9-11-13-15-17/h17H,6-16H2,1-5H3. The van der Waals surface area contributed by atoms with Gasteiger partial charge in [0.25, 0.3) is 0 Å². The molecular formula is C21H38N2S. The van der Waals surface area contributed by atoms with Gasteiger partial charge < -0.3 is 0 Å². The van der Waals surface area contributed by atoms with Gasteiger partial charge in [-0.25, -0.2) is 4.98 Å². The van der Waals surface area contributed by atoms with Gasteiger partial charge in [-0.15, -0.1) is 0 Å². The van der Waals surface area contributed by atoms with E-state index in [1.165, 1.54) is 75.6 Å². The van der Waals surface area contributed by atoms with Crippen LogP contribution in [0.25, 0.3) is 0 Å². The minimum absolute atomic E-state index is 0.0550. The monoisotopic (exact) mass is 350 g/mol. The first-order valence-corrected chi connectivity index (χ1v) is 10.9. The van der Waals surface area contributed by atoms with Crippen LogP contribution in [0.2, 0.25) is 0 Å². The number of nitrogens with zero attached hydrogens (tertiary/aromatic N) is 2. The maximum absolute atomic E-state index is 4.92. The average molecular weight is 351 g/mol. The van der Waals surface area contributed by atoms with Crippen LogP contribution in [-0.4, -0.2) is 9.36 Å². The van der Waals surface area contributed by atoms with E-state index in [0.717, 1.165) is 11.7 Å². The molecule has 138 valence electrons. The first-order chi connectivity index (χ1) is 11.3. The quantitative estimate of drug-likeness (QED) is 0.584. The molecule has 0 bridgehead atoms. The Morgan fingerprint density at radius 1 is 0.833 bits per heavy atom. The molecule has 1 aliphatic carbocycles. The van der Waals surface area contributed by atoms with Crippen molar-refractivity contribution in [1.82, 2.24) is 9.36 Å². The van der Waals surface area contributed by atoms with Gasteiger partial charge in [-0.2, -0.15) is 4.37 Å². The van der Waals surface area contributed by atoms with Gasteiger partial charge in [0.2, 0.25) is 0 Å². The smallest absolute Gasteiger partial charge is 0.147 e. The van der Waals surface area contributed by atoms with E-state index in [-0.39, 0.29) is 10.8 Å². The summed E-state index contributed by atoms with van der Waals surface area (Å²) in [5.74, 6) is 1.87. The molecular weight excluding hydrogens is 312 g/mol. The molecule has 1 aromatic heterocycles. The van der Waals surface area contributed by atoms with Crippen molar-refractivity contribution in [3.8, 4) is 0 Å². The third-order valence-electron chi connectivity index (χ3n) is 5.45. The SMILES string of the molecule is CC(C)(C)c1nsc(C(C)(C)CC2CCCCCCCCCC2)n1. The van der Waals surface area contributed by atoms with Gasteiger partial charge >= 0.3 is 0 Å². The Labute approximate surface area is 154 Å². The molecule has 1 aromatic rings. The highest BCUT2D eigenvalue weighted by molar-refractivity contribution is 7.05. The molecule has 0 amide bonds. The van der Waals surface area contributed by atoms with Crippen molar-refractivity contribution in [2.24, 2.45) is 5.92 Å². The summed E-state index contributed by atoms with van der Waals surface area (Å²) < 4.78 is 4.65. The maximum atomic E-state index is 4.92. The minimum atomic E-state index is 0.0550. The second-order valence-corrected chi connectivity index (χ2v) is 10.3. The van der Waals surface area contributed by atoms with Crippen molar-refractivity contribution in [3.63, 3.8) is 0 Å². The lowest BCUT2D eigenvalue weighted by atomic mass is 9.79. The minimum Gasteiger partial charge on any atom is -0.223 e. The van der Waals surface area contributed by atoms with Crippen LogP contribution in [-0.2, 0) is 10.8 Å².